The Balaban J connectivity index is 1.76. The average molecular weight is 353 g/mol. The van der Waals surface area contributed by atoms with E-state index in [0.717, 1.165) is 0 Å². The van der Waals surface area contributed by atoms with Crippen LogP contribution in [0.25, 0.3) is 0 Å². The Labute approximate surface area is 137 Å². The lowest BCUT2D eigenvalue weighted by atomic mass is 10.2. The molecule has 2 aromatic heterocycles. The van der Waals surface area contributed by atoms with E-state index in [2.05, 4.69) is 4.98 Å². The second-order valence-corrected chi connectivity index (χ2v) is 8.12. The smallest absolute Gasteiger partial charge is 0.339 e. The zero-order valence-corrected chi connectivity index (χ0v) is 13.8. The second kappa shape index (κ2) is 6.26. The fraction of sp³-hybridized carbons (Fsp3) is 0.286. The van der Waals surface area contributed by atoms with Gasteiger partial charge in [-0.25, -0.2) is 18.2 Å². The van der Waals surface area contributed by atoms with Crippen molar-refractivity contribution in [3.8, 4) is 0 Å². The average Bonchev–Trinajstić information content (AvgIpc) is 3.10. The predicted octanol–water partition coefficient (Wildman–Crippen LogP) is 1.35. The van der Waals surface area contributed by atoms with Crippen LogP contribution in [0.4, 0.5) is 5.82 Å². The molecule has 0 spiro atoms. The molecule has 0 amide bonds. The Hall–Kier alpha value is -1.97. The molecule has 3 rings (SSSR count). The summed E-state index contributed by atoms with van der Waals surface area (Å²) in [5.41, 5.74) is 0.127. The van der Waals surface area contributed by atoms with Gasteiger partial charge in [-0.1, -0.05) is 6.07 Å². The summed E-state index contributed by atoms with van der Waals surface area (Å²) >= 11 is 1.19. The summed E-state index contributed by atoms with van der Waals surface area (Å²) < 4.78 is 26.7. The summed E-state index contributed by atoms with van der Waals surface area (Å²) in [7, 11) is -3.46. The van der Waals surface area contributed by atoms with Gasteiger partial charge in [0.2, 0.25) is 0 Å². The Morgan fingerprint density at radius 3 is 2.52 bits per heavy atom. The molecule has 122 valence electrons. The molecule has 0 bridgehead atoms. The van der Waals surface area contributed by atoms with Crippen molar-refractivity contribution < 1.29 is 18.3 Å². The minimum absolute atomic E-state index is 0.127. The third-order valence-corrected chi connectivity index (χ3v) is 6.92. The fourth-order valence-corrected chi connectivity index (χ4v) is 5.06. The van der Waals surface area contributed by atoms with Crippen LogP contribution >= 0.6 is 11.3 Å². The zero-order chi connectivity index (χ0) is 16.4. The number of aromatic carboxylic acids is 1. The highest BCUT2D eigenvalue weighted by atomic mass is 32.2. The lowest BCUT2D eigenvalue weighted by Crippen LogP contribution is -2.49. The summed E-state index contributed by atoms with van der Waals surface area (Å²) in [5.74, 6) is -0.657. The summed E-state index contributed by atoms with van der Waals surface area (Å²) in [5, 5.41) is 11.0. The number of nitrogens with zero attached hydrogens (tertiary/aromatic N) is 3. The fourth-order valence-electron chi connectivity index (χ4n) is 2.49. The standard InChI is InChI=1S/C14H15N3O4S2/c18-14(19)11-3-1-5-15-13(11)16-6-8-17(9-7-16)23(20,21)12-4-2-10-22-12/h1-5,10H,6-9H2,(H,18,19). The van der Waals surface area contributed by atoms with E-state index in [1.807, 2.05) is 4.90 Å². The van der Waals surface area contributed by atoms with E-state index in [1.165, 1.54) is 27.9 Å². The minimum atomic E-state index is -3.46. The van der Waals surface area contributed by atoms with Gasteiger partial charge in [0.05, 0.1) is 0 Å². The van der Waals surface area contributed by atoms with Crippen LogP contribution in [0.2, 0.25) is 0 Å². The van der Waals surface area contributed by atoms with Gasteiger partial charge in [0, 0.05) is 32.4 Å². The number of anilines is 1. The van der Waals surface area contributed by atoms with Crippen molar-refractivity contribution in [3.05, 3.63) is 41.4 Å². The van der Waals surface area contributed by atoms with Crippen LogP contribution in [0.15, 0.2) is 40.1 Å². The van der Waals surface area contributed by atoms with E-state index >= 15 is 0 Å². The third kappa shape index (κ3) is 3.07. The summed E-state index contributed by atoms with van der Waals surface area (Å²) in [6, 6.07) is 6.37. The molecule has 0 saturated carbocycles. The molecule has 2 aromatic rings. The number of carboxylic acid groups (broad SMARTS) is 1. The van der Waals surface area contributed by atoms with E-state index in [1.54, 1.807) is 23.6 Å². The lowest BCUT2D eigenvalue weighted by Gasteiger charge is -2.34. The van der Waals surface area contributed by atoms with Crippen LogP contribution in [0, 0.1) is 0 Å². The molecule has 3 heterocycles. The van der Waals surface area contributed by atoms with E-state index in [-0.39, 0.29) is 5.56 Å². The van der Waals surface area contributed by atoms with Crippen molar-refractivity contribution in [2.75, 3.05) is 31.1 Å². The number of pyridine rings is 1. The molecule has 0 atom stereocenters. The maximum atomic E-state index is 12.5. The van der Waals surface area contributed by atoms with Crippen LogP contribution in [0.3, 0.4) is 0 Å². The highest BCUT2D eigenvalue weighted by Crippen LogP contribution is 2.24. The van der Waals surface area contributed by atoms with Gasteiger partial charge in [-0.15, -0.1) is 11.3 Å². The highest BCUT2D eigenvalue weighted by molar-refractivity contribution is 7.91. The molecule has 1 aliphatic rings. The first-order chi connectivity index (χ1) is 11.0. The highest BCUT2D eigenvalue weighted by Gasteiger charge is 2.30. The molecule has 0 radical (unpaired) electrons. The maximum absolute atomic E-state index is 12.5. The van der Waals surface area contributed by atoms with E-state index in [9.17, 15) is 18.3 Å². The molecule has 23 heavy (non-hydrogen) atoms. The number of hydrogen-bond acceptors (Lipinski definition) is 6. The number of hydrogen-bond donors (Lipinski definition) is 1. The Bertz CT molecular complexity index is 797. The monoisotopic (exact) mass is 353 g/mol. The number of sulfonamides is 1. The van der Waals surface area contributed by atoms with Crippen LogP contribution < -0.4 is 4.90 Å². The molecule has 0 unspecified atom stereocenters. The van der Waals surface area contributed by atoms with E-state index < -0.39 is 16.0 Å². The number of thiophene rings is 1. The van der Waals surface area contributed by atoms with Crippen LogP contribution in [-0.2, 0) is 10.0 Å². The summed E-state index contributed by atoms with van der Waals surface area (Å²) in [4.78, 5) is 17.2. The molecule has 1 N–H and O–H groups in total. The molecule has 1 saturated heterocycles. The summed E-state index contributed by atoms with van der Waals surface area (Å²) in [6.45, 7) is 1.41. The minimum Gasteiger partial charge on any atom is -0.478 e. The lowest BCUT2D eigenvalue weighted by molar-refractivity contribution is 0.0697. The number of carboxylic acids is 1. The van der Waals surface area contributed by atoms with Gasteiger partial charge < -0.3 is 10.0 Å². The molecule has 1 fully saturated rings. The predicted molar refractivity (Wildman–Crippen MR) is 86.5 cm³/mol. The van der Waals surface area contributed by atoms with Crippen LogP contribution in [0.5, 0.6) is 0 Å². The SMILES string of the molecule is O=C(O)c1cccnc1N1CCN(S(=O)(=O)c2cccs2)CC1. The van der Waals surface area contributed by atoms with Crippen molar-refractivity contribution in [3.63, 3.8) is 0 Å². The van der Waals surface area contributed by atoms with Crippen molar-refractivity contribution in [1.82, 2.24) is 9.29 Å². The van der Waals surface area contributed by atoms with Gasteiger partial charge in [0.1, 0.15) is 15.6 Å². The van der Waals surface area contributed by atoms with Gasteiger partial charge in [-0.05, 0) is 23.6 Å². The maximum Gasteiger partial charge on any atom is 0.339 e. The quantitative estimate of drug-likeness (QED) is 0.892. The normalized spacial score (nSPS) is 16.4. The second-order valence-electron chi connectivity index (χ2n) is 5.00. The number of carbonyl (C=O) groups is 1. The van der Waals surface area contributed by atoms with Crippen molar-refractivity contribution in [1.29, 1.82) is 0 Å². The number of rotatable bonds is 4. The topological polar surface area (TPSA) is 90.8 Å². The number of aromatic nitrogens is 1. The van der Waals surface area contributed by atoms with Gasteiger partial charge in [-0.3, -0.25) is 0 Å². The Morgan fingerprint density at radius 2 is 1.91 bits per heavy atom. The first kappa shape index (κ1) is 15.9. The third-order valence-electron chi connectivity index (χ3n) is 3.64. The van der Waals surface area contributed by atoms with Gasteiger partial charge >= 0.3 is 5.97 Å². The van der Waals surface area contributed by atoms with Gasteiger partial charge in [0.15, 0.2) is 0 Å². The van der Waals surface area contributed by atoms with Crippen molar-refractivity contribution in [2.45, 2.75) is 4.21 Å². The Morgan fingerprint density at radius 1 is 1.17 bits per heavy atom. The molecular formula is C14H15N3O4S2. The molecule has 1 aliphatic heterocycles. The van der Waals surface area contributed by atoms with Gasteiger partial charge in [0.25, 0.3) is 10.0 Å². The van der Waals surface area contributed by atoms with Crippen molar-refractivity contribution in [2.24, 2.45) is 0 Å². The molecule has 0 aliphatic carbocycles. The van der Waals surface area contributed by atoms with Crippen LogP contribution in [0.1, 0.15) is 10.4 Å². The first-order valence-electron chi connectivity index (χ1n) is 6.97. The number of piperazine rings is 1. The molecule has 7 nitrogen and oxygen atoms in total. The van der Waals surface area contributed by atoms with Crippen LogP contribution in [-0.4, -0.2) is 55.0 Å². The largest absolute Gasteiger partial charge is 0.478 e. The van der Waals surface area contributed by atoms with E-state index in [0.29, 0.717) is 36.2 Å². The van der Waals surface area contributed by atoms with Crippen molar-refractivity contribution >= 4 is 33.1 Å². The first-order valence-corrected chi connectivity index (χ1v) is 9.29. The Kier molecular flexibility index (Phi) is 4.33. The van der Waals surface area contributed by atoms with Gasteiger partial charge in [-0.2, -0.15) is 4.31 Å². The zero-order valence-electron chi connectivity index (χ0n) is 12.1. The molecule has 9 heteroatoms. The molecule has 0 aromatic carbocycles. The molecular weight excluding hydrogens is 338 g/mol. The van der Waals surface area contributed by atoms with E-state index in [4.69, 9.17) is 0 Å². The summed E-state index contributed by atoms with van der Waals surface area (Å²) in [6.07, 6.45) is 1.54.